The first kappa shape index (κ1) is 22.6. The second-order valence-corrected chi connectivity index (χ2v) is 10.6. The second kappa shape index (κ2) is 9.30. The number of rotatable bonds is 5. The molecule has 0 unspecified atom stereocenters. The van der Waals surface area contributed by atoms with Crippen molar-refractivity contribution < 1.29 is 14.3 Å². The van der Waals surface area contributed by atoms with Crippen LogP contribution in [0.2, 0.25) is 0 Å². The Hall–Kier alpha value is -2.87. The number of nitrogens with zero attached hydrogens (tertiary/aromatic N) is 5. The Morgan fingerprint density at radius 3 is 2.49 bits per heavy atom. The first-order valence-electron chi connectivity index (χ1n) is 13.1. The van der Waals surface area contributed by atoms with Gasteiger partial charge in [0.25, 0.3) is 0 Å². The van der Waals surface area contributed by atoms with Gasteiger partial charge in [-0.3, -0.25) is 4.90 Å². The fraction of sp³-hybridized carbons (Fsp3) is 0.593. The monoisotopic (exact) mass is 477 g/mol. The minimum Gasteiger partial charge on any atom is -0.474 e. The lowest BCUT2D eigenvalue weighted by atomic mass is 9.90. The topological polar surface area (TPSA) is 71.0 Å². The van der Waals surface area contributed by atoms with Crippen molar-refractivity contribution in [3.05, 3.63) is 42.2 Å². The van der Waals surface area contributed by atoms with E-state index in [-0.39, 0.29) is 12.2 Å². The minimum atomic E-state index is -0.442. The van der Waals surface area contributed by atoms with Crippen LogP contribution in [0.3, 0.4) is 0 Å². The molecule has 0 atom stereocenters. The summed E-state index contributed by atoms with van der Waals surface area (Å²) >= 11 is 0. The van der Waals surface area contributed by atoms with Crippen molar-refractivity contribution in [3.8, 4) is 5.88 Å². The van der Waals surface area contributed by atoms with Crippen LogP contribution >= 0.6 is 0 Å². The Morgan fingerprint density at radius 1 is 1.03 bits per heavy atom. The number of pyridine rings is 2. The number of piperidine rings is 2. The zero-order chi connectivity index (χ0) is 23.8. The maximum Gasteiger partial charge on any atom is 0.416 e. The predicted octanol–water partition coefficient (Wildman–Crippen LogP) is 4.18. The smallest absolute Gasteiger partial charge is 0.416 e. The third-order valence-corrected chi connectivity index (χ3v) is 8.32. The molecule has 3 aliphatic heterocycles. The van der Waals surface area contributed by atoms with Gasteiger partial charge in [0.1, 0.15) is 17.5 Å². The molecule has 3 saturated heterocycles. The van der Waals surface area contributed by atoms with Gasteiger partial charge in [-0.05, 0) is 50.3 Å². The molecule has 6 rings (SSSR count). The van der Waals surface area contributed by atoms with Crippen LogP contribution in [0, 0.1) is 6.92 Å². The van der Waals surface area contributed by atoms with Crippen LogP contribution in [0.5, 0.6) is 5.88 Å². The molecule has 2 aromatic heterocycles. The second-order valence-electron chi connectivity index (χ2n) is 10.6. The van der Waals surface area contributed by atoms with Crippen molar-refractivity contribution in [1.82, 2.24) is 14.9 Å². The van der Waals surface area contributed by atoms with Gasteiger partial charge in [0.05, 0.1) is 18.4 Å². The fourth-order valence-electron chi connectivity index (χ4n) is 5.89. The van der Waals surface area contributed by atoms with E-state index in [9.17, 15) is 4.79 Å². The van der Waals surface area contributed by atoms with E-state index >= 15 is 0 Å². The maximum atomic E-state index is 12.6. The zero-order valence-electron chi connectivity index (χ0n) is 20.6. The van der Waals surface area contributed by atoms with Crippen LogP contribution in [0.4, 0.5) is 16.3 Å². The van der Waals surface area contributed by atoms with E-state index < -0.39 is 5.60 Å². The van der Waals surface area contributed by atoms with Gasteiger partial charge in [0.15, 0.2) is 0 Å². The standard InChI is InChI=1S/C27H35N5O3/c1-20-4-3-13-28-25(20)32-19-27(35-26(32)33)11-16-31(17-12-27)22-7-8-24(29-18-22)34-23-9-14-30(15-10-23)21-5-2-6-21/h3-4,7-8,13,18,21,23H,2,5-6,9-12,14-17,19H2,1H3. The van der Waals surface area contributed by atoms with Crippen molar-refractivity contribution in [3.63, 3.8) is 0 Å². The van der Waals surface area contributed by atoms with Gasteiger partial charge in [0, 0.05) is 57.3 Å². The van der Waals surface area contributed by atoms with E-state index in [0.717, 1.165) is 75.0 Å². The number of likely N-dealkylation sites (tertiary alicyclic amines) is 1. The van der Waals surface area contributed by atoms with E-state index in [4.69, 9.17) is 9.47 Å². The summed E-state index contributed by atoms with van der Waals surface area (Å²) in [4.78, 5) is 28.3. The van der Waals surface area contributed by atoms with Crippen LogP contribution in [0.25, 0.3) is 0 Å². The lowest BCUT2D eigenvalue weighted by Gasteiger charge is -2.41. The highest BCUT2D eigenvalue weighted by Gasteiger charge is 2.48. The molecule has 1 amide bonds. The summed E-state index contributed by atoms with van der Waals surface area (Å²) in [6.07, 6.45) is 11.5. The summed E-state index contributed by atoms with van der Waals surface area (Å²) in [5.41, 5.74) is 1.63. The third-order valence-electron chi connectivity index (χ3n) is 8.32. The molecule has 1 spiro atoms. The normalized spacial score (nSPS) is 23.4. The number of ether oxygens (including phenoxy) is 2. The van der Waals surface area contributed by atoms with Gasteiger partial charge in [0.2, 0.25) is 5.88 Å². The van der Waals surface area contributed by atoms with E-state index in [1.165, 1.54) is 19.3 Å². The lowest BCUT2D eigenvalue weighted by molar-refractivity contribution is 0.0366. The first-order valence-corrected chi connectivity index (χ1v) is 13.1. The molecule has 0 aromatic carbocycles. The molecule has 1 saturated carbocycles. The Labute approximate surface area is 207 Å². The Bertz CT molecular complexity index is 1040. The third kappa shape index (κ3) is 4.56. The number of carbonyl (C=O) groups excluding carboxylic acids is 1. The Morgan fingerprint density at radius 2 is 1.83 bits per heavy atom. The number of aromatic nitrogens is 2. The molecular formula is C27H35N5O3. The number of anilines is 2. The molecule has 186 valence electrons. The average molecular weight is 478 g/mol. The molecule has 1 aliphatic carbocycles. The summed E-state index contributed by atoms with van der Waals surface area (Å²) in [6, 6.07) is 8.79. The molecular weight excluding hydrogens is 442 g/mol. The SMILES string of the molecule is Cc1cccnc1N1CC2(CCN(c3ccc(OC4CCN(C5CCC5)CC4)nc3)CC2)OC1=O. The van der Waals surface area contributed by atoms with Gasteiger partial charge in [-0.15, -0.1) is 0 Å². The van der Waals surface area contributed by atoms with Gasteiger partial charge in [-0.2, -0.15) is 0 Å². The lowest BCUT2D eigenvalue weighted by Crippen LogP contribution is -2.47. The van der Waals surface area contributed by atoms with Crippen LogP contribution < -0.4 is 14.5 Å². The number of hydrogen-bond acceptors (Lipinski definition) is 7. The summed E-state index contributed by atoms with van der Waals surface area (Å²) in [6.45, 7) is 6.47. The molecule has 5 heterocycles. The summed E-state index contributed by atoms with van der Waals surface area (Å²) in [7, 11) is 0. The van der Waals surface area contributed by atoms with Gasteiger partial charge in [-0.1, -0.05) is 12.5 Å². The molecule has 35 heavy (non-hydrogen) atoms. The van der Waals surface area contributed by atoms with Crippen LogP contribution in [0.1, 0.15) is 50.5 Å². The highest BCUT2D eigenvalue weighted by Crippen LogP contribution is 2.37. The van der Waals surface area contributed by atoms with E-state index in [1.54, 1.807) is 11.1 Å². The first-order chi connectivity index (χ1) is 17.1. The van der Waals surface area contributed by atoms with Crippen molar-refractivity contribution >= 4 is 17.6 Å². The van der Waals surface area contributed by atoms with E-state index in [0.29, 0.717) is 12.4 Å². The molecule has 0 bridgehead atoms. The van der Waals surface area contributed by atoms with Crippen LogP contribution in [-0.2, 0) is 4.74 Å². The van der Waals surface area contributed by atoms with Crippen molar-refractivity contribution in [2.24, 2.45) is 0 Å². The van der Waals surface area contributed by atoms with Gasteiger partial charge < -0.3 is 19.3 Å². The van der Waals surface area contributed by atoms with Gasteiger partial charge >= 0.3 is 6.09 Å². The molecule has 8 nitrogen and oxygen atoms in total. The highest BCUT2D eigenvalue weighted by molar-refractivity contribution is 5.90. The predicted molar refractivity (Wildman–Crippen MR) is 134 cm³/mol. The quantitative estimate of drug-likeness (QED) is 0.640. The zero-order valence-corrected chi connectivity index (χ0v) is 20.6. The van der Waals surface area contributed by atoms with Crippen LogP contribution in [0.15, 0.2) is 36.7 Å². The highest BCUT2D eigenvalue weighted by atomic mass is 16.6. The summed E-state index contributed by atoms with van der Waals surface area (Å²) < 4.78 is 12.1. The largest absolute Gasteiger partial charge is 0.474 e. The van der Waals surface area contributed by atoms with Crippen molar-refractivity contribution in [1.29, 1.82) is 0 Å². The van der Waals surface area contributed by atoms with Crippen LogP contribution in [-0.4, -0.2) is 71.4 Å². The minimum absolute atomic E-state index is 0.266. The Balaban J connectivity index is 1.01. The van der Waals surface area contributed by atoms with Gasteiger partial charge in [-0.25, -0.2) is 14.8 Å². The molecule has 4 fully saturated rings. The molecule has 0 N–H and O–H groups in total. The molecule has 0 radical (unpaired) electrons. The van der Waals surface area contributed by atoms with E-state index in [2.05, 4.69) is 25.8 Å². The number of carbonyl (C=O) groups is 1. The number of aryl methyl sites for hydroxylation is 1. The van der Waals surface area contributed by atoms with Crippen molar-refractivity contribution in [2.45, 2.75) is 69.6 Å². The molecule has 4 aliphatic rings. The molecule has 8 heteroatoms. The number of amides is 1. The summed E-state index contributed by atoms with van der Waals surface area (Å²) in [5.74, 6) is 1.42. The maximum absolute atomic E-state index is 12.6. The van der Waals surface area contributed by atoms with E-state index in [1.807, 2.05) is 31.3 Å². The number of hydrogen-bond donors (Lipinski definition) is 0. The Kier molecular flexibility index (Phi) is 6.00. The average Bonchev–Trinajstić information content (AvgIpc) is 3.16. The molecule has 2 aromatic rings. The fourth-order valence-corrected chi connectivity index (χ4v) is 5.89. The summed E-state index contributed by atoms with van der Waals surface area (Å²) in [5, 5.41) is 0. The van der Waals surface area contributed by atoms with Crippen molar-refractivity contribution in [2.75, 3.05) is 42.5 Å².